The molecule has 1 aromatic carbocycles. The normalized spacial score (nSPS) is 15.2. The Hall–Kier alpha value is -2.82. The van der Waals surface area contributed by atoms with Crippen LogP contribution >= 0.6 is 0 Å². The molecule has 0 saturated carbocycles. The summed E-state index contributed by atoms with van der Waals surface area (Å²) in [4.78, 5) is 26.1. The van der Waals surface area contributed by atoms with E-state index < -0.39 is 0 Å². The highest BCUT2D eigenvalue weighted by Gasteiger charge is 2.21. The van der Waals surface area contributed by atoms with Crippen molar-refractivity contribution < 1.29 is 5.11 Å². The molecule has 1 aliphatic carbocycles. The first-order valence-electron chi connectivity index (χ1n) is 8.70. The number of rotatable bonds is 2. The van der Waals surface area contributed by atoms with Crippen molar-refractivity contribution in [3.63, 3.8) is 0 Å². The Labute approximate surface area is 152 Å². The number of aromatic nitrogens is 2. The number of aromatic hydroxyl groups is 1. The number of nitrogens with zero attached hydrogens (tertiary/aromatic N) is 2. The van der Waals surface area contributed by atoms with E-state index in [1.807, 2.05) is 45.9 Å². The summed E-state index contributed by atoms with van der Waals surface area (Å²) in [5, 5.41) is 10.3. The summed E-state index contributed by atoms with van der Waals surface area (Å²) in [5.74, 6) is 0.187. The number of phenols is 1. The third-order valence-electron chi connectivity index (χ3n) is 4.79. The molecule has 1 aliphatic rings. The first kappa shape index (κ1) is 18.0. The van der Waals surface area contributed by atoms with E-state index in [-0.39, 0.29) is 28.2 Å². The van der Waals surface area contributed by atoms with Crippen LogP contribution in [0.2, 0.25) is 0 Å². The Kier molecular flexibility index (Phi) is 4.26. The highest BCUT2D eigenvalue weighted by Crippen LogP contribution is 2.27. The van der Waals surface area contributed by atoms with Crippen LogP contribution in [0.25, 0.3) is 17.8 Å². The highest BCUT2D eigenvalue weighted by atomic mass is 16.3. The van der Waals surface area contributed by atoms with E-state index in [4.69, 9.17) is 0 Å². The topological polar surface area (TPSA) is 64.2 Å². The zero-order valence-electron chi connectivity index (χ0n) is 15.8. The second kappa shape index (κ2) is 6.16. The van der Waals surface area contributed by atoms with Gasteiger partial charge < -0.3 is 5.11 Å². The second-order valence-electron chi connectivity index (χ2n) is 7.66. The molecule has 26 heavy (non-hydrogen) atoms. The van der Waals surface area contributed by atoms with E-state index in [1.165, 1.54) is 9.36 Å². The number of allylic oxidation sites excluding steroid dienone is 2. The van der Waals surface area contributed by atoms with E-state index in [0.717, 1.165) is 5.56 Å². The summed E-state index contributed by atoms with van der Waals surface area (Å²) in [7, 11) is 1.54. The van der Waals surface area contributed by atoms with Crippen LogP contribution in [-0.2, 0) is 7.05 Å². The second-order valence-corrected chi connectivity index (χ2v) is 7.66. The number of hydrogen-bond donors (Lipinski definition) is 1. The monoisotopic (exact) mass is 352 g/mol. The van der Waals surface area contributed by atoms with Crippen molar-refractivity contribution >= 4 is 12.2 Å². The lowest BCUT2D eigenvalue weighted by Crippen LogP contribution is -2.39. The molecule has 2 aromatic rings. The number of phenolic OH excluding ortho intramolecular Hbond substituents is 1. The van der Waals surface area contributed by atoms with Crippen LogP contribution in [0, 0.1) is 5.41 Å². The number of benzene rings is 1. The van der Waals surface area contributed by atoms with Gasteiger partial charge in [-0.1, -0.05) is 58.1 Å². The molecule has 3 rings (SSSR count). The van der Waals surface area contributed by atoms with Gasteiger partial charge in [0, 0.05) is 12.5 Å². The SMILES string of the molecule is CC(C)c1ccc(O)c(-n2c(=O)c3c(c(=O)n2C)C=CC(C)(C)C=C3)c1. The van der Waals surface area contributed by atoms with E-state index in [0.29, 0.717) is 16.8 Å². The van der Waals surface area contributed by atoms with Gasteiger partial charge in [0.05, 0.1) is 11.1 Å². The Bertz CT molecular complexity index is 1050. The molecule has 0 unspecified atom stereocenters. The van der Waals surface area contributed by atoms with Gasteiger partial charge in [-0.25, -0.2) is 9.36 Å². The maximum atomic E-state index is 13.2. The third-order valence-corrected chi connectivity index (χ3v) is 4.79. The number of fused-ring (bicyclic) bond motifs is 1. The molecular formula is C21H24N2O3. The van der Waals surface area contributed by atoms with Gasteiger partial charge in [0.25, 0.3) is 11.1 Å². The zero-order valence-corrected chi connectivity index (χ0v) is 15.8. The van der Waals surface area contributed by atoms with Crippen molar-refractivity contribution in [2.45, 2.75) is 33.6 Å². The van der Waals surface area contributed by atoms with Gasteiger partial charge in [-0.3, -0.25) is 9.59 Å². The first-order chi connectivity index (χ1) is 12.1. The van der Waals surface area contributed by atoms with Crippen LogP contribution in [0.3, 0.4) is 0 Å². The van der Waals surface area contributed by atoms with E-state index in [1.54, 1.807) is 31.3 Å². The van der Waals surface area contributed by atoms with Crippen molar-refractivity contribution in [1.29, 1.82) is 0 Å². The standard InChI is InChI=1S/C21H24N2O3/c1-13(2)14-6-7-18(24)17(12-14)23-20(26)16-9-11-21(3,4)10-8-15(16)19(25)22(23)5/h6-13,24H,1-5H3. The molecule has 0 saturated heterocycles. The van der Waals surface area contributed by atoms with Crippen molar-refractivity contribution in [3.8, 4) is 11.4 Å². The molecule has 136 valence electrons. The lowest BCUT2D eigenvalue weighted by molar-refractivity contribution is 0.461. The minimum atomic E-state index is -0.336. The average Bonchev–Trinajstić information content (AvgIpc) is 2.73. The molecule has 0 radical (unpaired) electrons. The van der Waals surface area contributed by atoms with Crippen LogP contribution in [0.4, 0.5) is 0 Å². The van der Waals surface area contributed by atoms with E-state index in [2.05, 4.69) is 0 Å². The molecule has 0 spiro atoms. The number of hydrogen-bond acceptors (Lipinski definition) is 3. The maximum absolute atomic E-state index is 13.2. The van der Waals surface area contributed by atoms with E-state index in [9.17, 15) is 14.7 Å². The van der Waals surface area contributed by atoms with Crippen molar-refractivity contribution in [1.82, 2.24) is 9.36 Å². The average molecular weight is 352 g/mol. The molecule has 1 heterocycles. The Balaban J connectivity index is 2.38. The summed E-state index contributed by atoms with van der Waals surface area (Å²) in [6.07, 6.45) is 7.25. The van der Waals surface area contributed by atoms with Crippen LogP contribution in [0.1, 0.15) is 50.3 Å². The van der Waals surface area contributed by atoms with Gasteiger partial charge in [-0.05, 0) is 23.6 Å². The Morgan fingerprint density at radius 1 is 1.00 bits per heavy atom. The minimum absolute atomic E-state index is 0.0417. The molecule has 1 aromatic heterocycles. The van der Waals surface area contributed by atoms with E-state index >= 15 is 0 Å². The molecular weight excluding hydrogens is 328 g/mol. The lowest BCUT2D eigenvalue weighted by Gasteiger charge is -2.17. The third kappa shape index (κ3) is 2.94. The highest BCUT2D eigenvalue weighted by molar-refractivity contribution is 5.67. The summed E-state index contributed by atoms with van der Waals surface area (Å²) in [5.41, 5.74) is 1.12. The van der Waals surface area contributed by atoms with Crippen molar-refractivity contribution in [2.75, 3.05) is 0 Å². The summed E-state index contributed by atoms with van der Waals surface area (Å²) >= 11 is 0. The van der Waals surface area contributed by atoms with Gasteiger partial charge in [0.2, 0.25) is 0 Å². The zero-order chi connectivity index (χ0) is 19.2. The molecule has 0 fully saturated rings. The molecule has 5 nitrogen and oxygen atoms in total. The van der Waals surface area contributed by atoms with Gasteiger partial charge in [-0.15, -0.1) is 0 Å². The lowest BCUT2D eigenvalue weighted by atomic mass is 9.93. The Morgan fingerprint density at radius 2 is 1.58 bits per heavy atom. The van der Waals surface area contributed by atoms with Crippen LogP contribution in [-0.4, -0.2) is 14.5 Å². The van der Waals surface area contributed by atoms with Crippen LogP contribution in [0.15, 0.2) is 39.9 Å². The molecule has 1 N–H and O–H groups in total. The summed E-state index contributed by atoms with van der Waals surface area (Å²) in [6.45, 7) is 8.08. The molecule has 0 aliphatic heterocycles. The predicted octanol–water partition coefficient (Wildman–Crippen LogP) is 3.43. The minimum Gasteiger partial charge on any atom is -0.506 e. The molecule has 0 amide bonds. The summed E-state index contributed by atoms with van der Waals surface area (Å²) in [6, 6.07) is 5.14. The molecule has 5 heteroatoms. The van der Waals surface area contributed by atoms with Gasteiger partial charge in [0.1, 0.15) is 11.4 Å². The molecule has 0 atom stereocenters. The van der Waals surface area contributed by atoms with Gasteiger partial charge >= 0.3 is 0 Å². The first-order valence-corrected chi connectivity index (χ1v) is 8.70. The largest absolute Gasteiger partial charge is 0.506 e. The smallest absolute Gasteiger partial charge is 0.278 e. The Morgan fingerprint density at radius 3 is 2.15 bits per heavy atom. The fraction of sp³-hybridized carbons (Fsp3) is 0.333. The summed E-state index contributed by atoms with van der Waals surface area (Å²) < 4.78 is 2.51. The van der Waals surface area contributed by atoms with Crippen LogP contribution in [0.5, 0.6) is 5.75 Å². The fourth-order valence-corrected chi connectivity index (χ4v) is 3.06. The van der Waals surface area contributed by atoms with Gasteiger partial charge in [0.15, 0.2) is 0 Å². The van der Waals surface area contributed by atoms with Crippen molar-refractivity contribution in [2.24, 2.45) is 12.5 Å². The fourth-order valence-electron chi connectivity index (χ4n) is 3.06. The quantitative estimate of drug-likeness (QED) is 0.900. The maximum Gasteiger partial charge on any atom is 0.278 e. The van der Waals surface area contributed by atoms with Crippen molar-refractivity contribution in [3.05, 3.63) is 67.7 Å². The van der Waals surface area contributed by atoms with Gasteiger partial charge in [-0.2, -0.15) is 0 Å². The molecule has 0 bridgehead atoms. The predicted molar refractivity (Wildman–Crippen MR) is 105 cm³/mol. The van der Waals surface area contributed by atoms with Crippen LogP contribution < -0.4 is 11.1 Å².